The van der Waals surface area contributed by atoms with E-state index in [-0.39, 0.29) is 17.6 Å². The molecule has 0 saturated heterocycles. The van der Waals surface area contributed by atoms with E-state index in [0.29, 0.717) is 16.9 Å². The van der Waals surface area contributed by atoms with Gasteiger partial charge in [-0.25, -0.2) is 9.97 Å². The van der Waals surface area contributed by atoms with Gasteiger partial charge in [-0.1, -0.05) is 19.3 Å². The van der Waals surface area contributed by atoms with Crippen molar-refractivity contribution >= 4 is 50.8 Å². The lowest BCUT2D eigenvalue weighted by Crippen LogP contribution is -2.24. The molecule has 204 valence electrons. The maximum atomic E-state index is 12.8. The molecule has 7 rings (SSSR count). The number of rotatable bonds is 6. The molecule has 6 aromatic rings. The Morgan fingerprint density at radius 2 is 1.90 bits per heavy atom. The van der Waals surface area contributed by atoms with Gasteiger partial charge < -0.3 is 10.3 Å². The zero-order valence-electron chi connectivity index (χ0n) is 22.4. The predicted octanol–water partition coefficient (Wildman–Crippen LogP) is 7.01. The molecule has 0 atom stereocenters. The number of Topliss-reactive ketones (excluding diaryl/α,β-unsaturated/α-hetero) is 1. The van der Waals surface area contributed by atoms with E-state index in [4.69, 9.17) is 4.98 Å². The van der Waals surface area contributed by atoms with Crippen molar-refractivity contribution in [3.05, 3.63) is 65.9 Å². The molecule has 10 heteroatoms. The van der Waals surface area contributed by atoms with Crippen LogP contribution in [0, 0.1) is 5.92 Å². The standard InChI is InChI=1S/C31H27N7O2S/c1-17(39)26-9-10-27(41-26)21-11-12-33-30-22(21)14-25(36-30)29-28-24(37-38-29)8-7-23(35-28)19-13-20(16-32-15-19)34-31(40)18-5-3-2-4-6-18/h7-16,18H,2-6H2,1H3,(H,33,36)(H,34,40)(H,37,38). The second-order valence-corrected chi connectivity index (χ2v) is 11.6. The highest BCUT2D eigenvalue weighted by Gasteiger charge is 2.22. The summed E-state index contributed by atoms with van der Waals surface area (Å²) >= 11 is 1.47. The summed E-state index contributed by atoms with van der Waals surface area (Å²) in [5.41, 5.74) is 6.91. The van der Waals surface area contributed by atoms with Crippen molar-refractivity contribution in [3.8, 4) is 33.1 Å². The second kappa shape index (κ2) is 10.4. The van der Waals surface area contributed by atoms with E-state index in [0.717, 1.165) is 74.5 Å². The number of hydrogen-bond acceptors (Lipinski definition) is 7. The number of thiophene rings is 1. The monoisotopic (exact) mass is 561 g/mol. The molecular weight excluding hydrogens is 534 g/mol. The minimum atomic E-state index is 0.0542. The van der Waals surface area contributed by atoms with Gasteiger partial charge in [0.05, 0.1) is 33.7 Å². The van der Waals surface area contributed by atoms with Crippen molar-refractivity contribution in [1.82, 2.24) is 30.1 Å². The molecule has 1 aliphatic rings. The fourth-order valence-corrected chi connectivity index (χ4v) is 6.49. The van der Waals surface area contributed by atoms with Crippen LogP contribution in [0.15, 0.2) is 61.1 Å². The number of ketones is 1. The van der Waals surface area contributed by atoms with Crippen molar-refractivity contribution in [2.24, 2.45) is 5.92 Å². The predicted molar refractivity (Wildman–Crippen MR) is 161 cm³/mol. The molecule has 9 nitrogen and oxygen atoms in total. The zero-order valence-corrected chi connectivity index (χ0v) is 23.2. The Morgan fingerprint density at radius 3 is 2.73 bits per heavy atom. The SMILES string of the molecule is CC(=O)c1ccc(-c2ccnc3[nH]c(-c4n[nH]c5ccc(-c6cncc(NC(=O)C7CCCCC7)c6)nc45)cc23)s1. The first kappa shape index (κ1) is 25.3. The molecule has 41 heavy (non-hydrogen) atoms. The van der Waals surface area contributed by atoms with E-state index >= 15 is 0 Å². The Balaban J connectivity index is 1.22. The number of anilines is 1. The Hall–Kier alpha value is -4.70. The number of amides is 1. The number of hydrogen-bond donors (Lipinski definition) is 3. The van der Waals surface area contributed by atoms with E-state index in [9.17, 15) is 9.59 Å². The van der Waals surface area contributed by atoms with E-state index in [1.54, 1.807) is 25.5 Å². The van der Waals surface area contributed by atoms with Crippen molar-refractivity contribution in [1.29, 1.82) is 0 Å². The Morgan fingerprint density at radius 1 is 1.02 bits per heavy atom. The van der Waals surface area contributed by atoms with Crippen molar-refractivity contribution < 1.29 is 9.59 Å². The Kier molecular flexibility index (Phi) is 6.39. The van der Waals surface area contributed by atoms with Crippen molar-refractivity contribution in [2.75, 3.05) is 5.32 Å². The number of aromatic nitrogens is 6. The van der Waals surface area contributed by atoms with Gasteiger partial charge in [-0.15, -0.1) is 11.3 Å². The molecule has 0 spiro atoms. The highest BCUT2D eigenvalue weighted by Crippen LogP contribution is 2.36. The molecule has 0 aromatic carbocycles. The first-order valence-corrected chi connectivity index (χ1v) is 14.6. The normalized spacial score (nSPS) is 14.1. The molecule has 0 radical (unpaired) electrons. The highest BCUT2D eigenvalue weighted by molar-refractivity contribution is 7.17. The Labute approximate surface area is 239 Å². The van der Waals surface area contributed by atoms with Gasteiger partial charge in [0.15, 0.2) is 5.78 Å². The van der Waals surface area contributed by atoms with Crippen LogP contribution < -0.4 is 5.32 Å². The minimum Gasteiger partial charge on any atom is -0.338 e. The zero-order chi connectivity index (χ0) is 27.9. The van der Waals surface area contributed by atoms with Crippen LogP contribution in [0.3, 0.4) is 0 Å². The van der Waals surface area contributed by atoms with Gasteiger partial charge in [-0.05, 0) is 62.2 Å². The molecule has 6 aromatic heterocycles. The average molecular weight is 562 g/mol. The molecule has 0 aliphatic heterocycles. The van der Waals surface area contributed by atoms with Crippen LogP contribution in [-0.4, -0.2) is 41.8 Å². The molecule has 1 amide bonds. The first-order valence-electron chi connectivity index (χ1n) is 13.7. The second-order valence-electron chi connectivity index (χ2n) is 10.5. The maximum Gasteiger partial charge on any atom is 0.227 e. The third-order valence-corrected chi connectivity index (χ3v) is 8.91. The summed E-state index contributed by atoms with van der Waals surface area (Å²) in [6, 6.07) is 13.6. The van der Waals surface area contributed by atoms with E-state index < -0.39 is 0 Å². The summed E-state index contributed by atoms with van der Waals surface area (Å²) in [5.74, 6) is 0.187. The number of aromatic amines is 2. The van der Waals surface area contributed by atoms with E-state index in [1.165, 1.54) is 17.8 Å². The fraction of sp³-hybridized carbons (Fsp3) is 0.226. The molecule has 6 heterocycles. The molecule has 0 unspecified atom stereocenters. The number of pyridine rings is 3. The summed E-state index contributed by atoms with van der Waals surface area (Å²) in [4.78, 5) is 43.6. The summed E-state index contributed by atoms with van der Waals surface area (Å²) in [7, 11) is 0. The summed E-state index contributed by atoms with van der Waals surface area (Å²) in [6.07, 6.45) is 10.5. The maximum absolute atomic E-state index is 12.8. The lowest BCUT2D eigenvalue weighted by molar-refractivity contribution is -0.120. The number of carbonyl (C=O) groups excluding carboxylic acids is 2. The van der Waals surface area contributed by atoms with Gasteiger partial charge in [-0.2, -0.15) is 5.10 Å². The summed E-state index contributed by atoms with van der Waals surface area (Å²) in [6.45, 7) is 1.58. The average Bonchev–Trinajstić information content (AvgIpc) is 3.75. The number of nitrogens with one attached hydrogen (secondary N) is 3. The largest absolute Gasteiger partial charge is 0.338 e. The molecule has 1 aliphatic carbocycles. The molecule has 0 bridgehead atoms. The van der Waals surface area contributed by atoms with Crippen LogP contribution in [0.2, 0.25) is 0 Å². The number of fused-ring (bicyclic) bond motifs is 2. The van der Waals surface area contributed by atoms with Gasteiger partial charge in [0, 0.05) is 39.7 Å². The topological polar surface area (TPSA) is 129 Å². The van der Waals surface area contributed by atoms with Crippen LogP contribution >= 0.6 is 11.3 Å². The number of nitrogens with zero attached hydrogens (tertiary/aromatic N) is 4. The quantitative estimate of drug-likeness (QED) is 0.188. The van der Waals surface area contributed by atoms with Crippen molar-refractivity contribution in [2.45, 2.75) is 39.0 Å². The van der Waals surface area contributed by atoms with Gasteiger partial charge in [0.2, 0.25) is 5.91 Å². The highest BCUT2D eigenvalue weighted by atomic mass is 32.1. The molecule has 1 fully saturated rings. The van der Waals surface area contributed by atoms with Crippen LogP contribution in [0.5, 0.6) is 0 Å². The Bertz CT molecular complexity index is 1930. The lowest BCUT2D eigenvalue weighted by atomic mass is 9.88. The van der Waals surface area contributed by atoms with Crippen LogP contribution in [0.4, 0.5) is 5.69 Å². The van der Waals surface area contributed by atoms with Gasteiger partial charge in [0.1, 0.15) is 16.9 Å². The smallest absolute Gasteiger partial charge is 0.227 e. The van der Waals surface area contributed by atoms with Crippen LogP contribution in [0.25, 0.3) is 55.2 Å². The third kappa shape index (κ3) is 4.80. The van der Waals surface area contributed by atoms with Gasteiger partial charge in [-0.3, -0.25) is 19.7 Å². The van der Waals surface area contributed by atoms with Crippen molar-refractivity contribution in [3.63, 3.8) is 0 Å². The fourth-order valence-electron chi connectivity index (χ4n) is 5.55. The number of carbonyl (C=O) groups is 2. The van der Waals surface area contributed by atoms with Crippen LogP contribution in [0.1, 0.15) is 48.7 Å². The van der Waals surface area contributed by atoms with Gasteiger partial charge in [0.25, 0.3) is 0 Å². The van der Waals surface area contributed by atoms with Gasteiger partial charge >= 0.3 is 0 Å². The first-order chi connectivity index (χ1) is 20.0. The molecule has 3 N–H and O–H groups in total. The lowest BCUT2D eigenvalue weighted by Gasteiger charge is -2.20. The molecular formula is C31H27N7O2S. The van der Waals surface area contributed by atoms with E-state index in [1.807, 2.05) is 42.5 Å². The van der Waals surface area contributed by atoms with E-state index in [2.05, 4.69) is 30.5 Å². The molecule has 1 saturated carbocycles. The summed E-state index contributed by atoms with van der Waals surface area (Å²) in [5, 5.41) is 11.7. The summed E-state index contributed by atoms with van der Waals surface area (Å²) < 4.78 is 0. The third-order valence-electron chi connectivity index (χ3n) is 7.69. The van der Waals surface area contributed by atoms with Crippen LogP contribution in [-0.2, 0) is 4.79 Å². The minimum absolute atomic E-state index is 0.0542. The number of H-pyrrole nitrogens is 2.